The summed E-state index contributed by atoms with van der Waals surface area (Å²) in [5.41, 5.74) is 1.60. The first-order valence-electron chi connectivity index (χ1n) is 10.4. The third-order valence-electron chi connectivity index (χ3n) is 5.35. The Morgan fingerprint density at radius 2 is 2.12 bits per heavy atom. The van der Waals surface area contributed by atoms with Crippen molar-refractivity contribution in [3.8, 4) is 6.07 Å². The van der Waals surface area contributed by atoms with Crippen LogP contribution in [0.25, 0.3) is 0 Å². The molecule has 1 aromatic rings. The van der Waals surface area contributed by atoms with E-state index in [0.717, 1.165) is 5.57 Å². The van der Waals surface area contributed by atoms with E-state index in [4.69, 9.17) is 21.7 Å². The summed E-state index contributed by atoms with van der Waals surface area (Å²) in [7, 11) is 0. The average molecular weight is 461 g/mol. The van der Waals surface area contributed by atoms with Gasteiger partial charge < -0.3 is 19.7 Å². The minimum atomic E-state index is -0.610. The number of nitrogens with zero attached hydrogens (tertiary/aromatic N) is 3. The zero-order valence-electron chi connectivity index (χ0n) is 18.0. The molecule has 3 rings (SSSR count). The molecule has 0 aliphatic carbocycles. The van der Waals surface area contributed by atoms with E-state index in [9.17, 15) is 19.2 Å². The van der Waals surface area contributed by atoms with Gasteiger partial charge in [-0.2, -0.15) is 5.26 Å². The lowest BCUT2D eigenvalue weighted by molar-refractivity contribution is -0.138. The molecule has 2 aliphatic heterocycles. The maximum atomic E-state index is 14.9. The molecule has 1 unspecified atom stereocenters. The van der Waals surface area contributed by atoms with Gasteiger partial charge in [-0.25, -0.2) is 14.0 Å². The number of anilines is 2. The van der Waals surface area contributed by atoms with Crippen LogP contribution in [0.1, 0.15) is 26.7 Å². The zero-order valence-corrected chi connectivity index (χ0v) is 18.8. The van der Waals surface area contributed by atoms with Gasteiger partial charge >= 0.3 is 12.1 Å². The second-order valence-corrected chi connectivity index (χ2v) is 8.10. The van der Waals surface area contributed by atoms with Gasteiger partial charge in [0.15, 0.2) is 0 Å². The molecule has 0 spiro atoms. The topological polar surface area (TPSA) is 94.9 Å². The number of esters is 1. The van der Waals surface area contributed by atoms with Crippen molar-refractivity contribution in [3.05, 3.63) is 35.2 Å². The Morgan fingerprint density at radius 3 is 2.72 bits per heavy atom. The quantitative estimate of drug-likeness (QED) is 0.300. The van der Waals surface area contributed by atoms with Crippen LogP contribution in [0.5, 0.6) is 0 Å². The van der Waals surface area contributed by atoms with Gasteiger partial charge in [-0.3, -0.25) is 4.90 Å². The van der Waals surface area contributed by atoms with Gasteiger partial charge in [0.2, 0.25) is 0 Å². The number of benzene rings is 1. The molecule has 0 aromatic heterocycles. The zero-order chi connectivity index (χ0) is 23.3. The van der Waals surface area contributed by atoms with E-state index in [-0.39, 0.29) is 18.3 Å². The second-order valence-electron chi connectivity index (χ2n) is 7.49. The van der Waals surface area contributed by atoms with E-state index < -0.39 is 17.9 Å². The van der Waals surface area contributed by atoms with Crippen LogP contribution < -0.4 is 15.1 Å². The van der Waals surface area contributed by atoms with Gasteiger partial charge in [0.05, 0.1) is 36.1 Å². The number of cyclic esters (lactones) is 1. The predicted molar refractivity (Wildman–Crippen MR) is 121 cm³/mol. The SMILES string of the molecule is CCOC(=O)C(C#N)=C1CCN(c2ccc(N3CC(CNC(C)=S)OC3=O)cc2F)CC1. The van der Waals surface area contributed by atoms with Crippen molar-refractivity contribution in [2.75, 3.05) is 42.6 Å². The van der Waals surface area contributed by atoms with Crippen molar-refractivity contribution in [3.63, 3.8) is 0 Å². The normalized spacial score (nSPS) is 18.1. The van der Waals surface area contributed by atoms with Crippen molar-refractivity contribution in [2.45, 2.75) is 32.8 Å². The first-order chi connectivity index (χ1) is 15.3. The van der Waals surface area contributed by atoms with Crippen LogP contribution in [0, 0.1) is 17.1 Å². The van der Waals surface area contributed by atoms with E-state index in [1.807, 2.05) is 11.0 Å². The van der Waals surface area contributed by atoms with Crippen LogP contribution in [-0.4, -0.2) is 55.9 Å². The molecule has 1 amide bonds. The highest BCUT2D eigenvalue weighted by Crippen LogP contribution is 2.31. The van der Waals surface area contributed by atoms with Crippen molar-refractivity contribution in [2.24, 2.45) is 0 Å². The summed E-state index contributed by atoms with van der Waals surface area (Å²) < 4.78 is 25.2. The van der Waals surface area contributed by atoms with Crippen LogP contribution in [0.4, 0.5) is 20.6 Å². The van der Waals surface area contributed by atoms with Gasteiger partial charge in [-0.1, -0.05) is 12.2 Å². The van der Waals surface area contributed by atoms with Crippen LogP contribution in [-0.2, 0) is 14.3 Å². The van der Waals surface area contributed by atoms with E-state index in [1.54, 1.807) is 26.0 Å². The molecular weight excluding hydrogens is 435 g/mol. The van der Waals surface area contributed by atoms with Crippen LogP contribution in [0.2, 0.25) is 0 Å². The summed E-state index contributed by atoms with van der Waals surface area (Å²) in [5, 5.41) is 12.3. The number of halogens is 1. The summed E-state index contributed by atoms with van der Waals surface area (Å²) in [6, 6.07) is 6.58. The largest absolute Gasteiger partial charge is 0.462 e. The van der Waals surface area contributed by atoms with Gasteiger partial charge in [0.25, 0.3) is 0 Å². The number of rotatable bonds is 6. The van der Waals surface area contributed by atoms with Crippen molar-refractivity contribution in [1.82, 2.24) is 5.32 Å². The highest BCUT2D eigenvalue weighted by atomic mass is 32.1. The van der Waals surface area contributed by atoms with E-state index in [2.05, 4.69) is 5.32 Å². The number of ether oxygens (including phenoxy) is 2. The lowest BCUT2D eigenvalue weighted by atomic mass is 9.98. The molecule has 1 aromatic carbocycles. The second kappa shape index (κ2) is 10.4. The lowest BCUT2D eigenvalue weighted by Gasteiger charge is -2.31. The molecule has 0 saturated carbocycles. The van der Waals surface area contributed by atoms with E-state index in [1.165, 1.54) is 11.0 Å². The highest BCUT2D eigenvalue weighted by molar-refractivity contribution is 7.80. The van der Waals surface area contributed by atoms with Crippen LogP contribution in [0.3, 0.4) is 0 Å². The molecule has 2 heterocycles. The molecular formula is C22H25FN4O4S. The Kier molecular flexibility index (Phi) is 7.64. The number of hydrogen-bond donors (Lipinski definition) is 1. The Balaban J connectivity index is 1.67. The smallest absolute Gasteiger partial charge is 0.414 e. The molecule has 10 heteroatoms. The number of thiocarbonyl (C=S) groups is 1. The third kappa shape index (κ3) is 5.34. The molecule has 8 nitrogen and oxygen atoms in total. The first-order valence-corrected chi connectivity index (χ1v) is 10.8. The van der Waals surface area contributed by atoms with Gasteiger partial charge in [-0.05, 0) is 50.5 Å². The Hall–Kier alpha value is -3.19. The highest BCUT2D eigenvalue weighted by Gasteiger charge is 2.33. The van der Waals surface area contributed by atoms with Crippen molar-refractivity contribution < 1.29 is 23.5 Å². The van der Waals surface area contributed by atoms with Gasteiger partial charge in [0, 0.05) is 13.1 Å². The van der Waals surface area contributed by atoms with Crippen LogP contribution >= 0.6 is 12.2 Å². The molecule has 170 valence electrons. The summed E-state index contributed by atoms with van der Waals surface area (Å²) in [4.78, 5) is 28.0. The van der Waals surface area contributed by atoms with Crippen LogP contribution in [0.15, 0.2) is 29.3 Å². The molecule has 0 bridgehead atoms. The van der Waals surface area contributed by atoms with Gasteiger partial charge in [-0.15, -0.1) is 0 Å². The maximum absolute atomic E-state index is 14.9. The number of hydrogen-bond acceptors (Lipinski definition) is 7. The monoisotopic (exact) mass is 460 g/mol. The summed E-state index contributed by atoms with van der Waals surface area (Å²) in [5.74, 6) is -1.06. The molecule has 1 N–H and O–H groups in total. The van der Waals surface area contributed by atoms with Crippen molar-refractivity contribution >= 4 is 40.6 Å². The molecule has 2 saturated heterocycles. The summed E-state index contributed by atoms with van der Waals surface area (Å²) in [6.45, 7) is 5.27. The minimum absolute atomic E-state index is 0.0442. The summed E-state index contributed by atoms with van der Waals surface area (Å²) in [6.07, 6.45) is 0.0378. The lowest BCUT2D eigenvalue weighted by Crippen LogP contribution is -2.33. The standard InChI is InChI=1S/C22H25FN4O4S/c1-3-30-21(28)18(11-24)15-6-8-26(9-7-15)20-5-4-16(10-19(20)23)27-13-17(31-22(27)29)12-25-14(2)32/h4-5,10,17H,3,6-9,12-13H2,1-2H3,(H,25,32). The fraction of sp³-hybridized carbons (Fsp3) is 0.455. The number of carbonyl (C=O) groups is 2. The van der Waals surface area contributed by atoms with E-state index in [0.29, 0.717) is 55.4 Å². The number of piperidine rings is 1. The Bertz CT molecular complexity index is 981. The van der Waals surface area contributed by atoms with E-state index >= 15 is 0 Å². The molecule has 1 atom stereocenters. The fourth-order valence-electron chi connectivity index (χ4n) is 3.76. The number of amides is 1. The maximum Gasteiger partial charge on any atom is 0.414 e. The number of carbonyl (C=O) groups excluding carboxylic acids is 2. The first kappa shape index (κ1) is 23.5. The van der Waals surface area contributed by atoms with Gasteiger partial charge in [0.1, 0.15) is 23.6 Å². The Morgan fingerprint density at radius 1 is 1.41 bits per heavy atom. The molecule has 2 aliphatic rings. The molecule has 2 fully saturated rings. The number of nitriles is 1. The average Bonchev–Trinajstić information content (AvgIpc) is 3.14. The third-order valence-corrected chi connectivity index (χ3v) is 5.49. The molecule has 32 heavy (non-hydrogen) atoms. The Labute approximate surface area is 191 Å². The van der Waals surface area contributed by atoms with Crippen molar-refractivity contribution in [1.29, 1.82) is 5.26 Å². The minimum Gasteiger partial charge on any atom is -0.462 e. The molecule has 0 radical (unpaired) electrons. The number of nitrogens with one attached hydrogen (secondary N) is 1. The summed E-state index contributed by atoms with van der Waals surface area (Å²) >= 11 is 4.97. The predicted octanol–water partition coefficient (Wildman–Crippen LogP) is 3.07. The fourth-order valence-corrected chi connectivity index (χ4v) is 3.84.